The van der Waals surface area contributed by atoms with Gasteiger partial charge in [0.2, 0.25) is 0 Å². The molecule has 3 rings (SSSR count). The Bertz CT molecular complexity index is 867. The molecule has 0 unspecified atom stereocenters. The number of carbonyl (C=O) groups excluding carboxylic acids is 1. The average Bonchev–Trinajstić information content (AvgIpc) is 2.65. The molecule has 3 aromatic rings. The minimum atomic E-state index is -0.534. The minimum Gasteiger partial charge on any atom is -0.497 e. The van der Waals surface area contributed by atoms with E-state index in [4.69, 9.17) is 4.74 Å². The van der Waals surface area contributed by atoms with Gasteiger partial charge in [0.05, 0.1) is 12.8 Å². The Morgan fingerprint density at radius 3 is 2.40 bits per heavy atom. The first kappa shape index (κ1) is 16.4. The van der Waals surface area contributed by atoms with Crippen LogP contribution in [0, 0.1) is 5.82 Å². The van der Waals surface area contributed by atoms with Crippen LogP contribution in [0.25, 0.3) is 0 Å². The molecule has 6 nitrogen and oxygen atoms in total. The summed E-state index contributed by atoms with van der Waals surface area (Å²) in [5, 5.41) is 13.3. The Labute approximate surface area is 143 Å². The zero-order valence-corrected chi connectivity index (χ0v) is 13.4. The first-order chi connectivity index (χ1) is 12.2. The number of hydrogen-bond acceptors (Lipinski definition) is 5. The number of carbonyl (C=O) groups is 1. The molecule has 7 heteroatoms. The second-order valence-electron chi connectivity index (χ2n) is 5.09. The van der Waals surface area contributed by atoms with E-state index >= 15 is 0 Å². The van der Waals surface area contributed by atoms with Crippen molar-refractivity contribution in [3.05, 3.63) is 72.2 Å². The van der Waals surface area contributed by atoms with Gasteiger partial charge >= 0.3 is 0 Å². The van der Waals surface area contributed by atoms with E-state index < -0.39 is 11.7 Å². The van der Waals surface area contributed by atoms with Crippen molar-refractivity contribution in [2.45, 2.75) is 0 Å². The van der Waals surface area contributed by atoms with E-state index in [0.717, 1.165) is 11.4 Å². The van der Waals surface area contributed by atoms with E-state index in [9.17, 15) is 9.18 Å². The molecule has 0 saturated heterocycles. The second-order valence-corrected chi connectivity index (χ2v) is 5.09. The summed E-state index contributed by atoms with van der Waals surface area (Å²) in [6.07, 6.45) is 0. The fourth-order valence-electron chi connectivity index (χ4n) is 2.09. The van der Waals surface area contributed by atoms with Gasteiger partial charge in [-0.3, -0.25) is 4.79 Å². The number of para-hydroxylation sites is 1. The van der Waals surface area contributed by atoms with Crippen LogP contribution in [0.15, 0.2) is 60.7 Å². The molecule has 0 atom stereocenters. The number of nitrogens with zero attached hydrogens (tertiary/aromatic N) is 2. The molecule has 0 saturated carbocycles. The zero-order valence-electron chi connectivity index (χ0n) is 13.4. The third-order valence-corrected chi connectivity index (χ3v) is 3.38. The van der Waals surface area contributed by atoms with Gasteiger partial charge in [-0.25, -0.2) is 4.39 Å². The minimum absolute atomic E-state index is 0.0866. The van der Waals surface area contributed by atoms with Crippen LogP contribution in [-0.2, 0) is 0 Å². The summed E-state index contributed by atoms with van der Waals surface area (Å²) in [5.74, 6) is 0.180. The number of hydrogen-bond donors (Lipinski definition) is 2. The number of anilines is 3. The number of methoxy groups -OCH3 is 1. The Kier molecular flexibility index (Phi) is 4.84. The highest BCUT2D eigenvalue weighted by Gasteiger charge is 2.11. The molecule has 2 N–H and O–H groups in total. The highest BCUT2D eigenvalue weighted by atomic mass is 19.1. The maximum atomic E-state index is 13.6. The Morgan fingerprint density at radius 1 is 1.00 bits per heavy atom. The first-order valence-electron chi connectivity index (χ1n) is 7.46. The predicted octanol–water partition coefficient (Wildman–Crippen LogP) is 3.62. The quantitative estimate of drug-likeness (QED) is 0.743. The molecular formula is C18H15FN4O2. The standard InChI is InChI=1S/C18H15FN4O2/c1-25-13-8-6-12(7-9-13)20-17-11-10-16(22-23-17)18(24)21-15-5-3-2-4-14(15)19/h2-11H,1H3,(H,20,23)(H,21,24). The van der Waals surface area contributed by atoms with Crippen molar-refractivity contribution >= 4 is 23.1 Å². The lowest BCUT2D eigenvalue weighted by atomic mass is 10.3. The van der Waals surface area contributed by atoms with Crippen molar-refractivity contribution in [2.24, 2.45) is 0 Å². The van der Waals surface area contributed by atoms with E-state index in [0.29, 0.717) is 5.82 Å². The van der Waals surface area contributed by atoms with Gasteiger partial charge in [-0.15, -0.1) is 10.2 Å². The molecule has 0 aliphatic heterocycles. The van der Waals surface area contributed by atoms with Gasteiger partial charge in [0.15, 0.2) is 11.5 Å². The van der Waals surface area contributed by atoms with Gasteiger partial charge in [0.1, 0.15) is 11.6 Å². The highest BCUT2D eigenvalue weighted by molar-refractivity contribution is 6.02. The first-order valence-corrected chi connectivity index (χ1v) is 7.46. The van der Waals surface area contributed by atoms with E-state index in [1.54, 1.807) is 25.3 Å². The summed E-state index contributed by atoms with van der Waals surface area (Å²) < 4.78 is 18.6. The molecule has 126 valence electrons. The number of rotatable bonds is 5. The maximum absolute atomic E-state index is 13.6. The molecular weight excluding hydrogens is 323 g/mol. The summed E-state index contributed by atoms with van der Waals surface area (Å²) in [4.78, 5) is 12.1. The SMILES string of the molecule is COc1ccc(Nc2ccc(C(=O)Nc3ccccc3F)nn2)cc1. The molecule has 1 aromatic heterocycles. The molecule has 2 aromatic carbocycles. The molecule has 0 bridgehead atoms. The third kappa shape index (κ3) is 4.08. The topological polar surface area (TPSA) is 76.1 Å². The second kappa shape index (κ2) is 7.39. The Hall–Kier alpha value is -3.48. The van der Waals surface area contributed by atoms with Gasteiger partial charge in [-0.05, 0) is 48.5 Å². The van der Waals surface area contributed by atoms with Crippen molar-refractivity contribution in [3.63, 3.8) is 0 Å². The predicted molar refractivity (Wildman–Crippen MR) is 92.7 cm³/mol. The van der Waals surface area contributed by atoms with Crippen LogP contribution in [0.1, 0.15) is 10.5 Å². The number of nitrogens with one attached hydrogen (secondary N) is 2. The lowest BCUT2D eigenvalue weighted by Crippen LogP contribution is -2.15. The van der Waals surface area contributed by atoms with Crippen LogP contribution < -0.4 is 15.4 Å². The zero-order chi connectivity index (χ0) is 17.6. The van der Waals surface area contributed by atoms with Gasteiger partial charge in [0.25, 0.3) is 5.91 Å². The van der Waals surface area contributed by atoms with Crippen LogP contribution in [0.2, 0.25) is 0 Å². The lowest BCUT2D eigenvalue weighted by Gasteiger charge is -2.07. The average molecular weight is 338 g/mol. The Balaban J connectivity index is 1.67. The smallest absolute Gasteiger partial charge is 0.276 e. The lowest BCUT2D eigenvalue weighted by molar-refractivity contribution is 0.102. The van der Waals surface area contributed by atoms with Crippen LogP contribution in [0.5, 0.6) is 5.75 Å². The summed E-state index contributed by atoms with van der Waals surface area (Å²) in [7, 11) is 1.60. The number of ether oxygens (including phenoxy) is 1. The molecule has 0 fully saturated rings. The van der Waals surface area contributed by atoms with Crippen molar-refractivity contribution in [1.29, 1.82) is 0 Å². The van der Waals surface area contributed by atoms with Crippen LogP contribution in [0.4, 0.5) is 21.6 Å². The largest absolute Gasteiger partial charge is 0.497 e. The van der Waals surface area contributed by atoms with E-state index in [1.807, 2.05) is 24.3 Å². The summed E-state index contributed by atoms with van der Waals surface area (Å²) >= 11 is 0. The molecule has 1 amide bonds. The van der Waals surface area contributed by atoms with Gasteiger partial charge < -0.3 is 15.4 Å². The third-order valence-electron chi connectivity index (χ3n) is 3.38. The van der Waals surface area contributed by atoms with Gasteiger partial charge in [-0.1, -0.05) is 12.1 Å². The van der Waals surface area contributed by atoms with E-state index in [1.165, 1.54) is 18.2 Å². The Morgan fingerprint density at radius 2 is 1.76 bits per heavy atom. The van der Waals surface area contributed by atoms with Crippen molar-refractivity contribution in [1.82, 2.24) is 10.2 Å². The van der Waals surface area contributed by atoms with Crippen LogP contribution in [0.3, 0.4) is 0 Å². The van der Waals surface area contributed by atoms with Crippen LogP contribution in [-0.4, -0.2) is 23.2 Å². The molecule has 0 radical (unpaired) electrons. The molecule has 0 spiro atoms. The normalized spacial score (nSPS) is 10.2. The fraction of sp³-hybridized carbons (Fsp3) is 0.0556. The molecule has 25 heavy (non-hydrogen) atoms. The molecule has 0 aliphatic rings. The van der Waals surface area contributed by atoms with Crippen molar-refractivity contribution < 1.29 is 13.9 Å². The molecule has 1 heterocycles. The van der Waals surface area contributed by atoms with E-state index in [-0.39, 0.29) is 11.4 Å². The fourth-order valence-corrected chi connectivity index (χ4v) is 2.09. The van der Waals surface area contributed by atoms with Crippen molar-refractivity contribution in [3.8, 4) is 5.75 Å². The number of benzene rings is 2. The maximum Gasteiger partial charge on any atom is 0.276 e. The summed E-state index contributed by atoms with van der Waals surface area (Å²) in [6, 6.07) is 16.3. The van der Waals surface area contributed by atoms with Gasteiger partial charge in [0, 0.05) is 5.69 Å². The summed E-state index contributed by atoms with van der Waals surface area (Å²) in [6.45, 7) is 0. The highest BCUT2D eigenvalue weighted by Crippen LogP contribution is 2.18. The molecule has 0 aliphatic carbocycles. The monoisotopic (exact) mass is 338 g/mol. The van der Waals surface area contributed by atoms with E-state index in [2.05, 4.69) is 20.8 Å². The van der Waals surface area contributed by atoms with Crippen molar-refractivity contribution in [2.75, 3.05) is 17.7 Å². The van der Waals surface area contributed by atoms with Crippen LogP contribution >= 0.6 is 0 Å². The number of halogens is 1. The summed E-state index contributed by atoms with van der Waals surface area (Å²) in [5.41, 5.74) is 0.983. The van der Waals surface area contributed by atoms with Gasteiger partial charge in [-0.2, -0.15) is 0 Å². The number of amides is 1. The number of aromatic nitrogens is 2.